The van der Waals surface area contributed by atoms with Gasteiger partial charge in [-0.15, -0.1) is 0 Å². The Kier molecular flexibility index (Phi) is 4.22. The minimum Gasteiger partial charge on any atom is -0.481 e. The fraction of sp³-hybridized carbons (Fsp3) is 0.421. The van der Waals surface area contributed by atoms with E-state index in [1.165, 1.54) is 16.3 Å². The van der Waals surface area contributed by atoms with Crippen LogP contribution in [-0.4, -0.2) is 41.7 Å². The lowest BCUT2D eigenvalue weighted by atomic mass is 9.83. The fourth-order valence-electron chi connectivity index (χ4n) is 4.16. The number of hydrogen-bond donors (Lipinski definition) is 3. The monoisotopic (exact) mass is 325 g/mol. The number of rotatable bonds is 4. The van der Waals surface area contributed by atoms with E-state index in [9.17, 15) is 4.79 Å². The summed E-state index contributed by atoms with van der Waals surface area (Å²) >= 11 is 0. The maximum atomic E-state index is 10.9. The van der Waals surface area contributed by atoms with Gasteiger partial charge in [-0.05, 0) is 29.3 Å². The zero-order chi connectivity index (χ0) is 16.5. The van der Waals surface area contributed by atoms with Crippen molar-refractivity contribution < 1.29 is 9.90 Å². The minimum absolute atomic E-state index is 0.219. The standard InChI is InChI=1S/C19H23N3O2/c23-18(24)9-11-22-10-8-17-16(12-22)19(21-20-17)15-7-3-5-13-4-1-2-6-14(13)15/h1-7,16-17,19-21H,8-12H2,(H,23,24). The van der Waals surface area contributed by atoms with Crippen molar-refractivity contribution in [2.45, 2.75) is 24.9 Å². The Morgan fingerprint density at radius 2 is 2.00 bits per heavy atom. The van der Waals surface area contributed by atoms with Crippen LogP contribution < -0.4 is 10.9 Å². The Labute approximate surface area is 141 Å². The second-order valence-electron chi connectivity index (χ2n) is 6.84. The first-order valence-electron chi connectivity index (χ1n) is 8.65. The van der Waals surface area contributed by atoms with Crippen molar-refractivity contribution in [2.75, 3.05) is 19.6 Å². The zero-order valence-electron chi connectivity index (χ0n) is 13.6. The van der Waals surface area contributed by atoms with Gasteiger partial charge in [-0.3, -0.25) is 10.2 Å². The first-order chi connectivity index (χ1) is 11.7. The molecule has 3 N–H and O–H groups in total. The summed E-state index contributed by atoms with van der Waals surface area (Å²) in [6, 6.07) is 15.7. The molecule has 24 heavy (non-hydrogen) atoms. The normalized spacial score (nSPS) is 27.2. The Bertz CT molecular complexity index is 743. The van der Waals surface area contributed by atoms with Crippen LogP contribution in [0.1, 0.15) is 24.4 Å². The molecule has 4 rings (SSSR count). The molecule has 2 aromatic carbocycles. The van der Waals surface area contributed by atoms with E-state index < -0.39 is 5.97 Å². The molecule has 0 saturated carbocycles. The molecule has 3 atom stereocenters. The van der Waals surface area contributed by atoms with Crippen LogP contribution in [0.4, 0.5) is 0 Å². The molecular weight excluding hydrogens is 302 g/mol. The first kappa shape index (κ1) is 15.6. The van der Waals surface area contributed by atoms with E-state index in [2.05, 4.69) is 58.2 Å². The number of nitrogens with zero attached hydrogens (tertiary/aromatic N) is 1. The summed E-state index contributed by atoms with van der Waals surface area (Å²) < 4.78 is 0. The van der Waals surface area contributed by atoms with Crippen LogP contribution in [0.2, 0.25) is 0 Å². The smallest absolute Gasteiger partial charge is 0.304 e. The van der Waals surface area contributed by atoms with Gasteiger partial charge in [0.05, 0.1) is 12.5 Å². The van der Waals surface area contributed by atoms with Crippen LogP contribution >= 0.6 is 0 Å². The van der Waals surface area contributed by atoms with Crippen LogP contribution in [0.15, 0.2) is 42.5 Å². The van der Waals surface area contributed by atoms with Gasteiger partial charge in [0.1, 0.15) is 0 Å². The van der Waals surface area contributed by atoms with Crippen LogP contribution in [-0.2, 0) is 4.79 Å². The Morgan fingerprint density at radius 1 is 1.17 bits per heavy atom. The van der Waals surface area contributed by atoms with E-state index in [0.717, 1.165) is 19.5 Å². The predicted octanol–water partition coefficient (Wildman–Crippen LogP) is 2.15. The van der Waals surface area contributed by atoms with E-state index in [1.54, 1.807) is 0 Å². The van der Waals surface area contributed by atoms with Gasteiger partial charge in [-0.1, -0.05) is 42.5 Å². The molecule has 2 fully saturated rings. The summed E-state index contributed by atoms with van der Waals surface area (Å²) in [6.07, 6.45) is 1.27. The van der Waals surface area contributed by atoms with Crippen LogP contribution in [0, 0.1) is 5.92 Å². The molecule has 126 valence electrons. The Morgan fingerprint density at radius 3 is 2.88 bits per heavy atom. The number of fused-ring (bicyclic) bond motifs is 2. The Balaban J connectivity index is 1.58. The van der Waals surface area contributed by atoms with Gasteiger partial charge < -0.3 is 10.0 Å². The van der Waals surface area contributed by atoms with E-state index in [4.69, 9.17) is 5.11 Å². The molecule has 3 unspecified atom stereocenters. The number of benzene rings is 2. The van der Waals surface area contributed by atoms with Gasteiger partial charge in [0, 0.05) is 25.0 Å². The molecule has 0 bridgehead atoms. The SMILES string of the molecule is O=C(O)CCN1CCC2NNC(c3cccc4ccccc34)C2C1. The lowest BCUT2D eigenvalue weighted by molar-refractivity contribution is -0.137. The highest BCUT2D eigenvalue weighted by atomic mass is 16.4. The van der Waals surface area contributed by atoms with E-state index >= 15 is 0 Å². The highest BCUT2D eigenvalue weighted by molar-refractivity contribution is 5.86. The van der Waals surface area contributed by atoms with Gasteiger partial charge in [-0.2, -0.15) is 0 Å². The van der Waals surface area contributed by atoms with Crippen molar-refractivity contribution >= 4 is 16.7 Å². The number of aliphatic carboxylic acids is 1. The highest BCUT2D eigenvalue weighted by Gasteiger charge is 2.40. The van der Waals surface area contributed by atoms with Crippen LogP contribution in [0.5, 0.6) is 0 Å². The third kappa shape index (κ3) is 2.90. The lowest BCUT2D eigenvalue weighted by Crippen LogP contribution is -2.46. The van der Waals surface area contributed by atoms with Crippen molar-refractivity contribution in [2.24, 2.45) is 5.92 Å². The third-order valence-electron chi connectivity index (χ3n) is 5.39. The molecule has 0 spiro atoms. The number of nitrogens with one attached hydrogen (secondary N) is 2. The number of carboxylic acids is 1. The quantitative estimate of drug-likeness (QED) is 0.804. The van der Waals surface area contributed by atoms with E-state index in [1.807, 2.05) is 0 Å². The molecule has 0 aromatic heterocycles. The summed E-state index contributed by atoms with van der Waals surface area (Å²) in [5.74, 6) is -0.260. The molecule has 2 saturated heterocycles. The molecular formula is C19H23N3O2. The van der Waals surface area contributed by atoms with Gasteiger partial charge in [0.2, 0.25) is 0 Å². The van der Waals surface area contributed by atoms with Crippen molar-refractivity contribution in [1.29, 1.82) is 0 Å². The molecule has 2 aromatic rings. The summed E-state index contributed by atoms with van der Waals surface area (Å²) in [6.45, 7) is 2.54. The maximum absolute atomic E-state index is 10.9. The minimum atomic E-state index is -0.717. The predicted molar refractivity (Wildman–Crippen MR) is 93.5 cm³/mol. The van der Waals surface area contributed by atoms with Crippen molar-refractivity contribution in [3.63, 3.8) is 0 Å². The summed E-state index contributed by atoms with van der Waals surface area (Å²) in [5, 5.41) is 11.5. The van der Waals surface area contributed by atoms with Crippen LogP contribution in [0.25, 0.3) is 10.8 Å². The fourth-order valence-corrected chi connectivity index (χ4v) is 4.16. The average Bonchev–Trinajstić information content (AvgIpc) is 3.02. The topological polar surface area (TPSA) is 64.6 Å². The molecule has 0 radical (unpaired) electrons. The second kappa shape index (κ2) is 6.51. The van der Waals surface area contributed by atoms with Crippen LogP contribution in [0.3, 0.4) is 0 Å². The lowest BCUT2D eigenvalue weighted by Gasteiger charge is -2.36. The number of hydrazine groups is 1. The van der Waals surface area contributed by atoms with Gasteiger partial charge >= 0.3 is 5.97 Å². The first-order valence-corrected chi connectivity index (χ1v) is 8.65. The summed E-state index contributed by atoms with van der Waals surface area (Å²) in [4.78, 5) is 13.1. The number of carboxylic acid groups (broad SMARTS) is 1. The molecule has 5 heteroatoms. The number of piperidine rings is 1. The van der Waals surface area contributed by atoms with Crippen molar-refractivity contribution in [3.05, 3.63) is 48.0 Å². The molecule has 2 heterocycles. The third-order valence-corrected chi connectivity index (χ3v) is 5.39. The summed E-state index contributed by atoms with van der Waals surface area (Å²) in [7, 11) is 0. The number of carbonyl (C=O) groups is 1. The molecule has 0 amide bonds. The van der Waals surface area contributed by atoms with Crippen molar-refractivity contribution in [1.82, 2.24) is 15.8 Å². The average molecular weight is 325 g/mol. The number of likely N-dealkylation sites (tertiary alicyclic amines) is 1. The zero-order valence-corrected chi connectivity index (χ0v) is 13.6. The molecule has 5 nitrogen and oxygen atoms in total. The Hall–Kier alpha value is -1.95. The van der Waals surface area contributed by atoms with E-state index in [-0.39, 0.29) is 12.5 Å². The van der Waals surface area contributed by atoms with Gasteiger partial charge in [0.25, 0.3) is 0 Å². The number of hydrogen-bond acceptors (Lipinski definition) is 4. The van der Waals surface area contributed by atoms with E-state index in [0.29, 0.717) is 18.5 Å². The highest BCUT2D eigenvalue weighted by Crippen LogP contribution is 2.36. The summed E-state index contributed by atoms with van der Waals surface area (Å²) in [5.41, 5.74) is 8.29. The largest absolute Gasteiger partial charge is 0.481 e. The molecule has 0 aliphatic carbocycles. The van der Waals surface area contributed by atoms with Gasteiger partial charge in [0.15, 0.2) is 0 Å². The molecule has 2 aliphatic heterocycles. The van der Waals surface area contributed by atoms with Gasteiger partial charge in [-0.25, -0.2) is 5.43 Å². The van der Waals surface area contributed by atoms with Crippen molar-refractivity contribution in [3.8, 4) is 0 Å². The maximum Gasteiger partial charge on any atom is 0.304 e. The molecule has 2 aliphatic rings. The second-order valence-corrected chi connectivity index (χ2v) is 6.84.